The van der Waals surface area contributed by atoms with Crippen molar-refractivity contribution in [2.45, 2.75) is 0 Å². The summed E-state index contributed by atoms with van der Waals surface area (Å²) in [6.07, 6.45) is 1.77. The van der Waals surface area contributed by atoms with Gasteiger partial charge in [0, 0.05) is 22.2 Å². The van der Waals surface area contributed by atoms with Gasteiger partial charge in [-0.05, 0) is 52.9 Å². The Hall–Kier alpha value is -1.38. The van der Waals surface area contributed by atoms with Gasteiger partial charge >= 0.3 is 0 Å². The van der Waals surface area contributed by atoms with Crippen LogP contribution in [0.15, 0.2) is 36.5 Å². The summed E-state index contributed by atoms with van der Waals surface area (Å²) in [4.78, 5) is 18.8. The zero-order chi connectivity index (χ0) is 16.2. The fourth-order valence-electron chi connectivity index (χ4n) is 2.29. The molecule has 0 atom stereocenters. The SMILES string of the molecule is O=C(Nc1ccc(N2CCOCC2)cn1)c1ccc(Cl)c(I)c1. The molecule has 120 valence electrons. The second-order valence-corrected chi connectivity index (χ2v) is 6.65. The average molecular weight is 444 g/mol. The molecule has 0 saturated carbocycles. The summed E-state index contributed by atoms with van der Waals surface area (Å²) in [6.45, 7) is 3.18. The molecule has 1 fully saturated rings. The molecule has 1 amide bonds. The maximum Gasteiger partial charge on any atom is 0.256 e. The number of carbonyl (C=O) groups is 1. The van der Waals surface area contributed by atoms with Gasteiger partial charge in [0.15, 0.2) is 0 Å². The number of rotatable bonds is 3. The van der Waals surface area contributed by atoms with E-state index in [-0.39, 0.29) is 5.91 Å². The maximum absolute atomic E-state index is 12.2. The van der Waals surface area contributed by atoms with Crippen LogP contribution >= 0.6 is 34.2 Å². The molecule has 1 aromatic heterocycles. The predicted octanol–water partition coefficient (Wildman–Crippen LogP) is 3.43. The van der Waals surface area contributed by atoms with E-state index in [4.69, 9.17) is 16.3 Å². The van der Waals surface area contributed by atoms with Crippen LogP contribution in [0.5, 0.6) is 0 Å². The fraction of sp³-hybridized carbons (Fsp3) is 0.250. The second kappa shape index (κ2) is 7.46. The third-order valence-corrected chi connectivity index (χ3v) is 5.09. The summed E-state index contributed by atoms with van der Waals surface area (Å²) in [7, 11) is 0. The lowest BCUT2D eigenvalue weighted by Gasteiger charge is -2.28. The number of anilines is 2. The molecule has 1 aliphatic rings. The molecule has 1 aromatic carbocycles. The number of ether oxygens (including phenoxy) is 1. The van der Waals surface area contributed by atoms with Crippen LogP contribution in [0.3, 0.4) is 0 Å². The van der Waals surface area contributed by atoms with Crippen LogP contribution in [-0.2, 0) is 4.74 Å². The number of amides is 1. The van der Waals surface area contributed by atoms with E-state index in [0.717, 1.165) is 35.6 Å². The van der Waals surface area contributed by atoms with Crippen molar-refractivity contribution in [1.82, 2.24) is 4.98 Å². The number of benzene rings is 1. The fourth-order valence-corrected chi connectivity index (χ4v) is 2.93. The largest absolute Gasteiger partial charge is 0.378 e. The van der Waals surface area contributed by atoms with Crippen LogP contribution in [0.1, 0.15) is 10.4 Å². The Balaban J connectivity index is 1.67. The first-order valence-electron chi connectivity index (χ1n) is 7.18. The van der Waals surface area contributed by atoms with E-state index < -0.39 is 0 Å². The number of nitrogens with one attached hydrogen (secondary N) is 1. The molecule has 0 aliphatic carbocycles. The summed E-state index contributed by atoms with van der Waals surface area (Å²) in [5.74, 6) is 0.322. The first kappa shape index (κ1) is 16.5. The number of halogens is 2. The number of morpholine rings is 1. The lowest BCUT2D eigenvalue weighted by molar-refractivity contribution is 0.102. The van der Waals surface area contributed by atoms with E-state index >= 15 is 0 Å². The van der Waals surface area contributed by atoms with E-state index in [2.05, 4.69) is 37.8 Å². The molecule has 1 aliphatic heterocycles. The summed E-state index contributed by atoms with van der Waals surface area (Å²) >= 11 is 8.07. The maximum atomic E-state index is 12.2. The number of hydrogen-bond acceptors (Lipinski definition) is 4. The van der Waals surface area contributed by atoms with Gasteiger partial charge in [0.1, 0.15) is 5.82 Å². The Morgan fingerprint density at radius 1 is 1.26 bits per heavy atom. The minimum absolute atomic E-state index is 0.203. The summed E-state index contributed by atoms with van der Waals surface area (Å²) in [6, 6.07) is 8.93. The standard InChI is InChI=1S/C16H15ClIN3O2/c17-13-3-1-11(9-14(13)18)16(22)20-15-4-2-12(10-19-15)21-5-7-23-8-6-21/h1-4,9-10H,5-8H2,(H,19,20,22). The smallest absolute Gasteiger partial charge is 0.256 e. The van der Waals surface area contributed by atoms with Crippen molar-refractivity contribution in [1.29, 1.82) is 0 Å². The summed E-state index contributed by atoms with van der Waals surface area (Å²) < 4.78 is 6.18. The number of aromatic nitrogens is 1. The second-order valence-electron chi connectivity index (χ2n) is 5.08. The first-order valence-corrected chi connectivity index (χ1v) is 8.64. The van der Waals surface area contributed by atoms with Crippen molar-refractivity contribution < 1.29 is 9.53 Å². The molecule has 3 rings (SSSR count). The molecule has 0 bridgehead atoms. The van der Waals surface area contributed by atoms with Crippen LogP contribution in [0.4, 0.5) is 11.5 Å². The lowest BCUT2D eigenvalue weighted by Crippen LogP contribution is -2.36. The Kier molecular flexibility index (Phi) is 5.34. The molecule has 0 unspecified atom stereocenters. The molecule has 5 nitrogen and oxygen atoms in total. The summed E-state index contributed by atoms with van der Waals surface area (Å²) in [5.41, 5.74) is 1.59. The lowest BCUT2D eigenvalue weighted by atomic mass is 10.2. The van der Waals surface area contributed by atoms with Gasteiger partial charge in [0.05, 0.1) is 30.1 Å². The Labute approximate surface area is 153 Å². The minimum Gasteiger partial charge on any atom is -0.378 e. The van der Waals surface area contributed by atoms with E-state index in [1.807, 2.05) is 12.1 Å². The van der Waals surface area contributed by atoms with Gasteiger partial charge in [0.2, 0.25) is 0 Å². The van der Waals surface area contributed by atoms with Gasteiger partial charge in [-0.25, -0.2) is 4.98 Å². The third kappa shape index (κ3) is 4.13. The molecular formula is C16H15ClIN3O2. The van der Waals surface area contributed by atoms with Gasteiger partial charge in [-0.2, -0.15) is 0 Å². The number of carbonyl (C=O) groups excluding carboxylic acids is 1. The average Bonchev–Trinajstić information content (AvgIpc) is 2.59. The minimum atomic E-state index is -0.203. The van der Waals surface area contributed by atoms with Crippen LogP contribution in [0.2, 0.25) is 5.02 Å². The monoisotopic (exact) mass is 443 g/mol. The van der Waals surface area contributed by atoms with Crippen molar-refractivity contribution in [3.8, 4) is 0 Å². The van der Waals surface area contributed by atoms with Gasteiger partial charge < -0.3 is 15.0 Å². The van der Waals surface area contributed by atoms with Crippen molar-refractivity contribution in [2.75, 3.05) is 36.5 Å². The Morgan fingerprint density at radius 2 is 2.04 bits per heavy atom. The zero-order valence-corrected chi connectivity index (χ0v) is 15.2. The first-order chi connectivity index (χ1) is 11.1. The molecule has 2 aromatic rings. The quantitative estimate of drug-likeness (QED) is 0.739. The van der Waals surface area contributed by atoms with Crippen LogP contribution in [-0.4, -0.2) is 37.2 Å². The van der Waals surface area contributed by atoms with E-state index in [1.165, 1.54) is 0 Å². The highest BCUT2D eigenvalue weighted by Crippen LogP contribution is 2.21. The number of nitrogens with zero attached hydrogens (tertiary/aromatic N) is 2. The predicted molar refractivity (Wildman–Crippen MR) is 99.4 cm³/mol. The van der Waals surface area contributed by atoms with Gasteiger partial charge in [-0.15, -0.1) is 0 Å². The third-order valence-electron chi connectivity index (χ3n) is 3.55. The van der Waals surface area contributed by atoms with Gasteiger partial charge in [-0.1, -0.05) is 11.6 Å². The van der Waals surface area contributed by atoms with Crippen molar-refractivity contribution in [2.24, 2.45) is 0 Å². The topological polar surface area (TPSA) is 54.5 Å². The van der Waals surface area contributed by atoms with Crippen molar-refractivity contribution in [3.63, 3.8) is 0 Å². The highest BCUT2D eigenvalue weighted by atomic mass is 127. The van der Waals surface area contributed by atoms with Crippen LogP contribution < -0.4 is 10.2 Å². The normalized spacial score (nSPS) is 14.6. The van der Waals surface area contributed by atoms with Crippen LogP contribution in [0, 0.1) is 3.57 Å². The summed E-state index contributed by atoms with van der Waals surface area (Å²) in [5, 5.41) is 3.43. The van der Waals surface area contributed by atoms with Gasteiger partial charge in [-0.3, -0.25) is 4.79 Å². The molecule has 23 heavy (non-hydrogen) atoms. The molecule has 7 heteroatoms. The molecule has 1 saturated heterocycles. The van der Waals surface area contributed by atoms with Gasteiger partial charge in [0.25, 0.3) is 5.91 Å². The van der Waals surface area contributed by atoms with E-state index in [1.54, 1.807) is 24.4 Å². The zero-order valence-electron chi connectivity index (χ0n) is 12.3. The van der Waals surface area contributed by atoms with Crippen molar-refractivity contribution >= 4 is 51.6 Å². The van der Waals surface area contributed by atoms with Crippen LogP contribution in [0.25, 0.3) is 0 Å². The van der Waals surface area contributed by atoms with E-state index in [9.17, 15) is 4.79 Å². The van der Waals surface area contributed by atoms with E-state index in [0.29, 0.717) is 16.4 Å². The molecular weight excluding hydrogens is 429 g/mol. The highest BCUT2D eigenvalue weighted by Gasteiger charge is 2.12. The Morgan fingerprint density at radius 3 is 2.70 bits per heavy atom. The number of pyridine rings is 1. The number of hydrogen-bond donors (Lipinski definition) is 1. The molecule has 2 heterocycles. The van der Waals surface area contributed by atoms with Crippen molar-refractivity contribution in [3.05, 3.63) is 50.7 Å². The Bertz CT molecular complexity index is 703. The molecule has 0 spiro atoms. The molecule has 1 N–H and O–H groups in total. The highest BCUT2D eigenvalue weighted by molar-refractivity contribution is 14.1. The molecule has 0 radical (unpaired) electrons.